The van der Waals surface area contributed by atoms with Gasteiger partial charge in [0.2, 0.25) is 0 Å². The molecule has 0 saturated carbocycles. The monoisotopic (exact) mass is 294 g/mol. The lowest BCUT2D eigenvalue weighted by Crippen LogP contribution is -2.15. The summed E-state index contributed by atoms with van der Waals surface area (Å²) in [7, 11) is -1.01. The van der Waals surface area contributed by atoms with Gasteiger partial charge in [0.15, 0.2) is 9.84 Å². The van der Waals surface area contributed by atoms with Crippen LogP contribution in [0.2, 0.25) is 0 Å². The quantitative estimate of drug-likeness (QED) is 0.851. The first-order valence-corrected chi connectivity index (χ1v) is 8.81. The minimum Gasteiger partial charge on any atom is -0.346 e. The molecule has 2 rings (SSSR count). The molecule has 1 heterocycles. The fourth-order valence-electron chi connectivity index (χ4n) is 2.48. The molecule has 0 radical (unpaired) electrons. The molecule has 5 heteroatoms. The van der Waals surface area contributed by atoms with E-state index in [0.717, 1.165) is 12.1 Å². The van der Waals surface area contributed by atoms with Gasteiger partial charge in [-0.2, -0.15) is 0 Å². The molecule has 0 saturated heterocycles. The maximum Gasteiger partial charge on any atom is 0.152 e. The Labute approximate surface area is 120 Å². The van der Waals surface area contributed by atoms with Gasteiger partial charge in [-0.3, -0.25) is 0 Å². The Morgan fingerprint density at radius 3 is 2.70 bits per heavy atom. The van der Waals surface area contributed by atoms with Crippen molar-refractivity contribution in [3.05, 3.63) is 36.0 Å². The van der Waals surface area contributed by atoms with E-state index in [4.69, 9.17) is 0 Å². The molecule has 0 aliphatic heterocycles. The molecule has 20 heavy (non-hydrogen) atoms. The molecule has 1 N–H and O–H groups in total. The predicted molar refractivity (Wildman–Crippen MR) is 83.6 cm³/mol. The van der Waals surface area contributed by atoms with E-state index in [2.05, 4.69) is 17.4 Å². The number of hydrogen-bond donors (Lipinski definition) is 1. The van der Waals surface area contributed by atoms with Crippen LogP contribution in [0.25, 0.3) is 10.9 Å². The van der Waals surface area contributed by atoms with Gasteiger partial charge in [-0.15, -0.1) is 0 Å². The zero-order valence-corrected chi connectivity index (χ0v) is 12.9. The molecule has 0 unspecified atom stereocenters. The summed E-state index contributed by atoms with van der Waals surface area (Å²) in [4.78, 5) is 0. The van der Waals surface area contributed by atoms with Crippen molar-refractivity contribution in [3.63, 3.8) is 0 Å². The minimum absolute atomic E-state index is 0.209. The zero-order valence-electron chi connectivity index (χ0n) is 12.1. The molecule has 0 fully saturated rings. The Kier molecular flexibility index (Phi) is 4.83. The van der Waals surface area contributed by atoms with Crippen LogP contribution in [0.4, 0.5) is 0 Å². The number of hydrogen-bond acceptors (Lipinski definition) is 3. The third-order valence-corrected chi connectivity index (χ3v) is 5.26. The summed E-state index contributed by atoms with van der Waals surface area (Å²) < 4.78 is 25.6. The van der Waals surface area contributed by atoms with Crippen molar-refractivity contribution in [2.75, 3.05) is 18.6 Å². The predicted octanol–water partition coefficient (Wildman–Crippen LogP) is 2.19. The summed E-state index contributed by atoms with van der Waals surface area (Å²) in [5.74, 6) is 0.484. The van der Waals surface area contributed by atoms with E-state index in [1.807, 2.05) is 36.9 Å². The molecule has 0 aliphatic rings. The Bertz CT molecular complexity index is 674. The number of nitrogens with zero attached hydrogens (tertiary/aromatic N) is 1. The highest BCUT2D eigenvalue weighted by molar-refractivity contribution is 7.91. The molecule has 0 bridgehead atoms. The van der Waals surface area contributed by atoms with Crippen LogP contribution in [0.1, 0.15) is 18.9 Å². The molecule has 0 aliphatic carbocycles. The van der Waals surface area contributed by atoms with Crippen molar-refractivity contribution in [2.24, 2.45) is 0 Å². The number of sulfone groups is 1. The van der Waals surface area contributed by atoms with Gasteiger partial charge in [-0.1, -0.05) is 19.1 Å². The van der Waals surface area contributed by atoms with Crippen LogP contribution in [-0.2, 0) is 22.9 Å². The summed E-state index contributed by atoms with van der Waals surface area (Å²) in [6, 6.07) is 8.22. The normalized spacial score (nSPS) is 12.1. The summed E-state index contributed by atoms with van der Waals surface area (Å²) in [6.07, 6.45) is 2.66. The van der Waals surface area contributed by atoms with Crippen molar-refractivity contribution in [3.8, 4) is 0 Å². The van der Waals surface area contributed by atoms with Gasteiger partial charge in [-0.05, 0) is 31.2 Å². The number of benzene rings is 1. The first-order valence-electron chi connectivity index (χ1n) is 6.99. The van der Waals surface area contributed by atoms with Crippen molar-refractivity contribution in [1.82, 2.24) is 9.88 Å². The second-order valence-corrected chi connectivity index (χ2v) is 7.34. The molecule has 0 spiro atoms. The van der Waals surface area contributed by atoms with Crippen LogP contribution in [0.5, 0.6) is 0 Å². The highest BCUT2D eigenvalue weighted by Gasteiger charge is 2.11. The molecule has 1 aromatic heterocycles. The lowest BCUT2D eigenvalue weighted by molar-refractivity contribution is 0.588. The highest BCUT2D eigenvalue weighted by atomic mass is 32.2. The third kappa shape index (κ3) is 3.41. The van der Waals surface area contributed by atoms with Gasteiger partial charge in [-0.25, -0.2) is 8.42 Å². The van der Waals surface area contributed by atoms with Crippen LogP contribution in [0.3, 0.4) is 0 Å². The smallest absolute Gasteiger partial charge is 0.152 e. The standard InChI is InChI=1S/C15H22N2O2S/c1-3-10-20(18,19)11-9-17-8-7-14-13(12-16-2)5-4-6-15(14)17/h4-8,16H,3,9-12H2,1-2H3. The highest BCUT2D eigenvalue weighted by Crippen LogP contribution is 2.20. The lowest BCUT2D eigenvalue weighted by Gasteiger charge is -2.07. The molecule has 0 atom stereocenters. The lowest BCUT2D eigenvalue weighted by atomic mass is 10.1. The molecule has 2 aromatic rings. The third-order valence-electron chi connectivity index (χ3n) is 3.43. The van der Waals surface area contributed by atoms with E-state index in [1.54, 1.807) is 0 Å². The van der Waals surface area contributed by atoms with Crippen LogP contribution >= 0.6 is 0 Å². The summed E-state index contributed by atoms with van der Waals surface area (Å²) in [6.45, 7) is 3.23. The van der Waals surface area contributed by atoms with E-state index in [0.29, 0.717) is 13.0 Å². The average Bonchev–Trinajstić information content (AvgIpc) is 2.81. The first kappa shape index (κ1) is 15.1. The van der Waals surface area contributed by atoms with Crippen LogP contribution in [0, 0.1) is 0 Å². The number of aryl methyl sites for hydroxylation is 1. The van der Waals surface area contributed by atoms with Crippen LogP contribution in [-0.4, -0.2) is 31.5 Å². The summed E-state index contributed by atoms with van der Waals surface area (Å²) in [5, 5.41) is 4.34. The van der Waals surface area contributed by atoms with Crippen LogP contribution in [0.15, 0.2) is 30.5 Å². The largest absolute Gasteiger partial charge is 0.346 e. The average molecular weight is 294 g/mol. The SMILES string of the molecule is CCCS(=O)(=O)CCn1ccc2c(CNC)cccc21. The van der Waals surface area contributed by atoms with E-state index in [9.17, 15) is 8.42 Å². The van der Waals surface area contributed by atoms with Crippen molar-refractivity contribution < 1.29 is 8.42 Å². The van der Waals surface area contributed by atoms with Gasteiger partial charge < -0.3 is 9.88 Å². The second kappa shape index (κ2) is 6.41. The summed E-state index contributed by atoms with van der Waals surface area (Å²) >= 11 is 0. The van der Waals surface area contributed by atoms with Crippen LogP contribution < -0.4 is 5.32 Å². The molecule has 110 valence electrons. The molecular weight excluding hydrogens is 272 g/mol. The molecule has 1 aromatic carbocycles. The number of nitrogens with one attached hydrogen (secondary N) is 1. The fraction of sp³-hybridized carbons (Fsp3) is 0.467. The number of fused-ring (bicyclic) bond motifs is 1. The van der Waals surface area contributed by atoms with E-state index >= 15 is 0 Å². The Morgan fingerprint density at radius 1 is 1.20 bits per heavy atom. The maximum atomic E-state index is 11.8. The maximum absolute atomic E-state index is 11.8. The van der Waals surface area contributed by atoms with E-state index in [1.165, 1.54) is 10.9 Å². The van der Waals surface area contributed by atoms with Gasteiger partial charge in [0.1, 0.15) is 0 Å². The minimum atomic E-state index is -2.93. The van der Waals surface area contributed by atoms with Gasteiger partial charge >= 0.3 is 0 Å². The van der Waals surface area contributed by atoms with Crippen molar-refractivity contribution in [1.29, 1.82) is 0 Å². The Hall–Kier alpha value is -1.33. The van der Waals surface area contributed by atoms with E-state index in [-0.39, 0.29) is 11.5 Å². The van der Waals surface area contributed by atoms with Gasteiger partial charge in [0.05, 0.1) is 5.75 Å². The topological polar surface area (TPSA) is 51.1 Å². The zero-order chi connectivity index (χ0) is 14.6. The Balaban J connectivity index is 2.22. The van der Waals surface area contributed by atoms with E-state index < -0.39 is 9.84 Å². The molecule has 4 nitrogen and oxygen atoms in total. The number of rotatable bonds is 7. The molecule has 0 amide bonds. The summed E-state index contributed by atoms with van der Waals surface area (Å²) in [5.41, 5.74) is 2.34. The second-order valence-electron chi connectivity index (χ2n) is 5.04. The van der Waals surface area contributed by atoms with Gasteiger partial charge in [0, 0.05) is 35.9 Å². The number of aromatic nitrogens is 1. The Morgan fingerprint density at radius 2 is 2.00 bits per heavy atom. The molecular formula is C15H22N2O2S. The first-order chi connectivity index (χ1) is 9.57. The van der Waals surface area contributed by atoms with Gasteiger partial charge in [0.25, 0.3) is 0 Å². The van der Waals surface area contributed by atoms with Crippen molar-refractivity contribution >= 4 is 20.7 Å². The van der Waals surface area contributed by atoms with Crippen molar-refractivity contribution in [2.45, 2.75) is 26.4 Å². The fourth-order valence-corrected chi connectivity index (χ4v) is 3.78.